The van der Waals surface area contributed by atoms with Gasteiger partial charge < -0.3 is 19.8 Å². The number of aromatic nitrogens is 1. The summed E-state index contributed by atoms with van der Waals surface area (Å²) in [5, 5.41) is 13.1. The standard InChI is InChI=1S/C25H34N4O3/c1-18-24-22(26-29(25(24)31)21-9-3-2-4-10-21)15-23(30)28(18)17-20-8-6-5-7-19(20)16-27-11-13-32-14-12-27/h5-8,15,21,25-26,31H,2-4,9-14,16-17H2,1H3. The molecule has 1 saturated carbocycles. The fraction of sp³-hybridized carbons (Fsp3) is 0.560. The Morgan fingerprint density at radius 3 is 2.47 bits per heavy atom. The maximum atomic E-state index is 13.1. The van der Waals surface area contributed by atoms with E-state index < -0.39 is 6.23 Å². The number of fused-ring (bicyclic) bond motifs is 1. The lowest BCUT2D eigenvalue weighted by Gasteiger charge is -2.33. The van der Waals surface area contributed by atoms with Crippen LogP contribution in [0, 0.1) is 6.92 Å². The molecule has 1 aromatic heterocycles. The van der Waals surface area contributed by atoms with Gasteiger partial charge in [0.15, 0.2) is 6.23 Å². The number of hydrogen-bond donors (Lipinski definition) is 2. The van der Waals surface area contributed by atoms with E-state index in [1.54, 1.807) is 6.07 Å². The second-order valence-corrected chi connectivity index (χ2v) is 9.32. The zero-order valence-corrected chi connectivity index (χ0v) is 18.9. The van der Waals surface area contributed by atoms with Crippen molar-refractivity contribution in [1.82, 2.24) is 14.5 Å². The predicted molar refractivity (Wildman–Crippen MR) is 124 cm³/mol. The minimum absolute atomic E-state index is 0.0346. The smallest absolute Gasteiger partial charge is 0.253 e. The molecule has 2 fully saturated rings. The van der Waals surface area contributed by atoms with Gasteiger partial charge in [-0.1, -0.05) is 43.5 Å². The summed E-state index contributed by atoms with van der Waals surface area (Å²) in [4.78, 5) is 15.5. The molecule has 172 valence electrons. The molecule has 1 unspecified atom stereocenters. The molecule has 3 heterocycles. The van der Waals surface area contributed by atoms with Crippen LogP contribution in [0.1, 0.15) is 60.7 Å². The Bertz CT molecular complexity index is 1010. The third kappa shape index (κ3) is 4.22. The molecule has 0 amide bonds. The van der Waals surface area contributed by atoms with Crippen LogP contribution in [0.25, 0.3) is 0 Å². The number of rotatable bonds is 5. The van der Waals surface area contributed by atoms with Gasteiger partial charge in [-0.3, -0.25) is 9.69 Å². The van der Waals surface area contributed by atoms with Crippen molar-refractivity contribution in [3.63, 3.8) is 0 Å². The average Bonchev–Trinajstić information content (AvgIpc) is 3.15. The normalized spacial score (nSPS) is 22.6. The molecule has 32 heavy (non-hydrogen) atoms. The van der Waals surface area contributed by atoms with Crippen LogP contribution in [0.15, 0.2) is 35.1 Å². The van der Waals surface area contributed by atoms with Crippen LogP contribution in [0.3, 0.4) is 0 Å². The molecule has 2 aromatic rings. The molecule has 0 radical (unpaired) electrons. The zero-order valence-electron chi connectivity index (χ0n) is 18.9. The van der Waals surface area contributed by atoms with Crippen LogP contribution in [0.4, 0.5) is 5.69 Å². The van der Waals surface area contributed by atoms with Gasteiger partial charge in [0, 0.05) is 43.0 Å². The number of morpholine rings is 1. The summed E-state index contributed by atoms with van der Waals surface area (Å²) in [6.07, 6.45) is 5.09. The molecule has 1 aliphatic carbocycles. The van der Waals surface area contributed by atoms with Crippen molar-refractivity contribution in [3.05, 3.63) is 63.1 Å². The number of nitrogens with one attached hydrogen (secondary N) is 1. The van der Waals surface area contributed by atoms with E-state index in [0.29, 0.717) is 12.6 Å². The number of anilines is 1. The molecular weight excluding hydrogens is 404 g/mol. The van der Waals surface area contributed by atoms with E-state index in [9.17, 15) is 9.90 Å². The van der Waals surface area contributed by atoms with Crippen molar-refractivity contribution >= 4 is 5.69 Å². The molecule has 1 saturated heterocycles. The molecule has 1 atom stereocenters. The maximum Gasteiger partial charge on any atom is 0.253 e. The van der Waals surface area contributed by atoms with Gasteiger partial charge in [-0.15, -0.1) is 0 Å². The van der Waals surface area contributed by atoms with Crippen LogP contribution < -0.4 is 11.0 Å². The highest BCUT2D eigenvalue weighted by molar-refractivity contribution is 5.57. The third-order valence-corrected chi connectivity index (χ3v) is 7.30. The molecule has 1 aromatic carbocycles. The number of ether oxygens (including phenoxy) is 1. The van der Waals surface area contributed by atoms with Crippen molar-refractivity contribution in [2.24, 2.45) is 0 Å². The van der Waals surface area contributed by atoms with Gasteiger partial charge in [0.25, 0.3) is 5.56 Å². The summed E-state index contributed by atoms with van der Waals surface area (Å²) in [5.41, 5.74) is 8.12. The van der Waals surface area contributed by atoms with Crippen molar-refractivity contribution in [1.29, 1.82) is 0 Å². The SMILES string of the molecule is Cc1c2c(cc(=O)n1Cc1ccccc1CN1CCOCC1)NN(C1CCCCC1)C2O. The number of hydrogen-bond acceptors (Lipinski definition) is 6. The highest BCUT2D eigenvalue weighted by Gasteiger charge is 2.36. The molecular formula is C25H34N4O3. The first-order valence-electron chi connectivity index (χ1n) is 12.0. The van der Waals surface area contributed by atoms with E-state index in [-0.39, 0.29) is 5.56 Å². The molecule has 2 aliphatic heterocycles. The van der Waals surface area contributed by atoms with Crippen LogP contribution >= 0.6 is 0 Å². The van der Waals surface area contributed by atoms with E-state index in [1.807, 2.05) is 22.6 Å². The Hall–Kier alpha value is -2.19. The largest absolute Gasteiger partial charge is 0.379 e. The first-order chi connectivity index (χ1) is 15.6. The van der Waals surface area contributed by atoms with Gasteiger partial charge in [0.05, 0.1) is 25.4 Å². The average molecular weight is 439 g/mol. The lowest BCUT2D eigenvalue weighted by molar-refractivity contribution is -0.00705. The minimum Gasteiger partial charge on any atom is -0.379 e. The second-order valence-electron chi connectivity index (χ2n) is 9.32. The van der Waals surface area contributed by atoms with Gasteiger partial charge in [-0.05, 0) is 30.9 Å². The molecule has 7 heteroatoms. The molecule has 3 aliphatic rings. The maximum absolute atomic E-state index is 13.1. The highest BCUT2D eigenvalue weighted by Crippen LogP contribution is 2.39. The van der Waals surface area contributed by atoms with Crippen LogP contribution in [-0.4, -0.2) is 51.9 Å². The fourth-order valence-corrected chi connectivity index (χ4v) is 5.43. The van der Waals surface area contributed by atoms with Gasteiger partial charge in [-0.2, -0.15) is 5.01 Å². The summed E-state index contributed by atoms with van der Waals surface area (Å²) in [5.74, 6) is 0. The Morgan fingerprint density at radius 2 is 1.75 bits per heavy atom. The summed E-state index contributed by atoms with van der Waals surface area (Å²) >= 11 is 0. The first kappa shape index (κ1) is 21.6. The Kier molecular flexibility index (Phi) is 6.33. The summed E-state index contributed by atoms with van der Waals surface area (Å²) in [6.45, 7) is 6.73. The zero-order chi connectivity index (χ0) is 22.1. The molecule has 0 spiro atoms. The molecule has 7 nitrogen and oxygen atoms in total. The quantitative estimate of drug-likeness (QED) is 0.748. The van der Waals surface area contributed by atoms with E-state index in [0.717, 1.165) is 68.2 Å². The lowest BCUT2D eigenvalue weighted by Crippen LogP contribution is -2.39. The fourth-order valence-electron chi connectivity index (χ4n) is 5.43. The number of nitrogens with zero attached hydrogens (tertiary/aromatic N) is 3. The van der Waals surface area contributed by atoms with Crippen LogP contribution in [0.2, 0.25) is 0 Å². The van der Waals surface area contributed by atoms with E-state index in [1.165, 1.54) is 24.8 Å². The van der Waals surface area contributed by atoms with Gasteiger partial charge in [-0.25, -0.2) is 0 Å². The van der Waals surface area contributed by atoms with Gasteiger partial charge >= 0.3 is 0 Å². The van der Waals surface area contributed by atoms with Gasteiger partial charge in [0.1, 0.15) is 0 Å². The van der Waals surface area contributed by atoms with E-state index >= 15 is 0 Å². The summed E-state index contributed by atoms with van der Waals surface area (Å²) in [6, 6.07) is 10.3. The second kappa shape index (κ2) is 9.35. The van der Waals surface area contributed by atoms with E-state index in [2.05, 4.69) is 28.5 Å². The number of pyridine rings is 1. The molecule has 5 rings (SSSR count). The van der Waals surface area contributed by atoms with Crippen molar-refractivity contribution < 1.29 is 9.84 Å². The number of benzene rings is 1. The predicted octanol–water partition coefficient (Wildman–Crippen LogP) is 3.00. The number of hydrazine groups is 1. The highest BCUT2D eigenvalue weighted by atomic mass is 16.5. The minimum atomic E-state index is -0.719. The van der Waals surface area contributed by atoms with Crippen LogP contribution in [0.5, 0.6) is 0 Å². The summed E-state index contributed by atoms with van der Waals surface area (Å²) in [7, 11) is 0. The Balaban J connectivity index is 1.41. The first-order valence-corrected chi connectivity index (χ1v) is 12.0. The van der Waals surface area contributed by atoms with Crippen molar-refractivity contribution in [2.75, 3.05) is 31.7 Å². The number of aliphatic hydroxyl groups is 1. The van der Waals surface area contributed by atoms with Crippen molar-refractivity contribution in [2.45, 2.75) is 64.4 Å². The van der Waals surface area contributed by atoms with Crippen LogP contribution in [-0.2, 0) is 17.8 Å². The molecule has 2 N–H and O–H groups in total. The Labute approximate surface area is 189 Å². The topological polar surface area (TPSA) is 70.0 Å². The Morgan fingerprint density at radius 1 is 1.06 bits per heavy atom. The molecule has 0 bridgehead atoms. The lowest BCUT2D eigenvalue weighted by atomic mass is 9.95. The van der Waals surface area contributed by atoms with Gasteiger partial charge in [0.2, 0.25) is 0 Å². The summed E-state index contributed by atoms with van der Waals surface area (Å²) < 4.78 is 7.29. The number of aliphatic hydroxyl groups excluding tert-OH is 1. The monoisotopic (exact) mass is 438 g/mol. The third-order valence-electron chi connectivity index (χ3n) is 7.30. The van der Waals surface area contributed by atoms with Crippen molar-refractivity contribution in [3.8, 4) is 0 Å². The van der Waals surface area contributed by atoms with E-state index in [4.69, 9.17) is 4.74 Å².